The summed E-state index contributed by atoms with van der Waals surface area (Å²) in [6, 6.07) is 15.0. The Bertz CT molecular complexity index is 656. The topological polar surface area (TPSA) is 41.6 Å². The molecule has 0 saturated carbocycles. The first kappa shape index (κ1) is 17.2. The van der Waals surface area contributed by atoms with Crippen molar-refractivity contribution in [3.8, 4) is 5.75 Å². The smallest absolute Gasteiger partial charge is 0.224 e. The van der Waals surface area contributed by atoms with Crippen molar-refractivity contribution in [2.75, 3.05) is 26.5 Å². The highest BCUT2D eigenvalue weighted by Gasteiger charge is 2.18. The van der Waals surface area contributed by atoms with E-state index in [0.29, 0.717) is 11.4 Å². The highest BCUT2D eigenvalue weighted by molar-refractivity contribution is 6.30. The summed E-state index contributed by atoms with van der Waals surface area (Å²) < 4.78 is 5.37. The van der Waals surface area contributed by atoms with Gasteiger partial charge in [-0.2, -0.15) is 0 Å². The van der Waals surface area contributed by atoms with E-state index in [9.17, 15) is 4.79 Å². The molecule has 5 heteroatoms. The van der Waals surface area contributed by atoms with Crippen molar-refractivity contribution in [2.45, 2.75) is 12.5 Å². The third kappa shape index (κ3) is 4.63. The summed E-state index contributed by atoms with van der Waals surface area (Å²) in [6.07, 6.45) is 0.340. The van der Waals surface area contributed by atoms with Crippen LogP contribution in [0.1, 0.15) is 18.0 Å². The number of hydrogen-bond acceptors (Lipinski definition) is 3. The molecule has 0 aliphatic carbocycles. The standard InChI is InChI=1S/C18H21ClN2O2/c1-21(2)18(22)12-16(13-8-10-14(19)11-9-13)20-15-6-4-5-7-17(15)23-3/h4-11,16,20H,12H2,1-3H3. The van der Waals surface area contributed by atoms with E-state index in [1.165, 1.54) is 0 Å². The molecule has 4 nitrogen and oxygen atoms in total. The molecular weight excluding hydrogens is 312 g/mol. The zero-order valence-electron chi connectivity index (χ0n) is 13.5. The third-order valence-corrected chi connectivity index (χ3v) is 3.84. The Kier molecular flexibility index (Phi) is 5.88. The zero-order chi connectivity index (χ0) is 16.8. The second-order valence-electron chi connectivity index (χ2n) is 5.44. The van der Waals surface area contributed by atoms with Gasteiger partial charge in [0.05, 0.1) is 25.3 Å². The van der Waals surface area contributed by atoms with Crippen LogP contribution < -0.4 is 10.1 Å². The lowest BCUT2D eigenvalue weighted by molar-refractivity contribution is -0.128. The van der Waals surface area contributed by atoms with Crippen LogP contribution in [-0.2, 0) is 4.79 Å². The monoisotopic (exact) mass is 332 g/mol. The summed E-state index contributed by atoms with van der Waals surface area (Å²) in [5.41, 5.74) is 1.84. The molecule has 1 amide bonds. The molecule has 0 aliphatic heterocycles. The summed E-state index contributed by atoms with van der Waals surface area (Å²) in [6.45, 7) is 0. The van der Waals surface area contributed by atoms with Gasteiger partial charge in [0.1, 0.15) is 5.75 Å². The summed E-state index contributed by atoms with van der Waals surface area (Å²) in [5.74, 6) is 0.788. The number of carbonyl (C=O) groups is 1. The number of amides is 1. The fraction of sp³-hybridized carbons (Fsp3) is 0.278. The average Bonchev–Trinajstić information content (AvgIpc) is 2.55. The quantitative estimate of drug-likeness (QED) is 0.870. The van der Waals surface area contributed by atoms with Crippen LogP contribution in [0.25, 0.3) is 0 Å². The summed E-state index contributed by atoms with van der Waals surface area (Å²) in [7, 11) is 5.14. The first-order valence-electron chi connectivity index (χ1n) is 7.36. The Labute approximate surface area is 142 Å². The van der Waals surface area contributed by atoms with E-state index in [1.807, 2.05) is 48.5 Å². The molecule has 1 atom stereocenters. The van der Waals surface area contributed by atoms with Crippen LogP contribution >= 0.6 is 11.6 Å². The van der Waals surface area contributed by atoms with Crippen molar-refractivity contribution in [3.05, 3.63) is 59.1 Å². The fourth-order valence-electron chi connectivity index (χ4n) is 2.26. The zero-order valence-corrected chi connectivity index (χ0v) is 14.3. The minimum atomic E-state index is -0.168. The minimum absolute atomic E-state index is 0.0485. The second-order valence-corrected chi connectivity index (χ2v) is 5.88. The number of halogens is 1. The molecule has 0 fully saturated rings. The number of carbonyl (C=O) groups excluding carboxylic acids is 1. The van der Waals surface area contributed by atoms with E-state index in [1.54, 1.807) is 26.1 Å². The van der Waals surface area contributed by atoms with Gasteiger partial charge in [-0.05, 0) is 29.8 Å². The third-order valence-electron chi connectivity index (χ3n) is 3.59. The molecule has 122 valence electrons. The van der Waals surface area contributed by atoms with Crippen LogP contribution in [-0.4, -0.2) is 32.0 Å². The number of methoxy groups -OCH3 is 1. The van der Waals surface area contributed by atoms with Crippen LogP contribution in [0, 0.1) is 0 Å². The van der Waals surface area contributed by atoms with Crippen LogP contribution in [0.2, 0.25) is 5.02 Å². The van der Waals surface area contributed by atoms with E-state index < -0.39 is 0 Å². The lowest BCUT2D eigenvalue weighted by atomic mass is 10.0. The van der Waals surface area contributed by atoms with E-state index in [2.05, 4.69) is 5.32 Å². The highest BCUT2D eigenvalue weighted by Crippen LogP contribution is 2.30. The van der Waals surface area contributed by atoms with Crippen molar-refractivity contribution in [2.24, 2.45) is 0 Å². The van der Waals surface area contributed by atoms with Gasteiger partial charge in [-0.15, -0.1) is 0 Å². The molecule has 0 radical (unpaired) electrons. The molecule has 2 aromatic carbocycles. The number of rotatable bonds is 6. The average molecular weight is 333 g/mol. The van der Waals surface area contributed by atoms with Crippen molar-refractivity contribution in [1.29, 1.82) is 0 Å². The molecule has 23 heavy (non-hydrogen) atoms. The lowest BCUT2D eigenvalue weighted by Gasteiger charge is -2.23. The maximum Gasteiger partial charge on any atom is 0.224 e. The molecule has 1 unspecified atom stereocenters. The van der Waals surface area contributed by atoms with Gasteiger partial charge < -0.3 is 15.0 Å². The molecular formula is C18H21ClN2O2. The van der Waals surface area contributed by atoms with Gasteiger partial charge in [-0.3, -0.25) is 4.79 Å². The van der Waals surface area contributed by atoms with Crippen molar-refractivity contribution >= 4 is 23.2 Å². The molecule has 0 heterocycles. The Morgan fingerprint density at radius 3 is 2.43 bits per heavy atom. The lowest BCUT2D eigenvalue weighted by Crippen LogP contribution is -2.26. The largest absolute Gasteiger partial charge is 0.495 e. The van der Waals surface area contributed by atoms with Crippen LogP contribution in [0.3, 0.4) is 0 Å². The second kappa shape index (κ2) is 7.88. The molecule has 1 N–H and O–H groups in total. The van der Waals surface area contributed by atoms with Crippen LogP contribution in [0.5, 0.6) is 5.75 Å². The number of anilines is 1. The van der Waals surface area contributed by atoms with Gasteiger partial charge in [-0.1, -0.05) is 35.9 Å². The summed E-state index contributed by atoms with van der Waals surface area (Å²) in [4.78, 5) is 13.8. The fourth-order valence-corrected chi connectivity index (χ4v) is 2.38. The highest BCUT2D eigenvalue weighted by atomic mass is 35.5. The van der Waals surface area contributed by atoms with Gasteiger partial charge in [0.25, 0.3) is 0 Å². The first-order chi connectivity index (χ1) is 11.0. The van der Waals surface area contributed by atoms with Gasteiger partial charge in [0, 0.05) is 19.1 Å². The van der Waals surface area contributed by atoms with Crippen molar-refractivity contribution in [3.63, 3.8) is 0 Å². The molecule has 0 aromatic heterocycles. The van der Waals surface area contributed by atoms with Gasteiger partial charge >= 0.3 is 0 Å². The number of benzene rings is 2. The molecule has 0 spiro atoms. The predicted molar refractivity (Wildman–Crippen MR) is 94.1 cm³/mol. The SMILES string of the molecule is COc1ccccc1NC(CC(=O)N(C)C)c1ccc(Cl)cc1. The number of hydrogen-bond donors (Lipinski definition) is 1. The molecule has 0 bridgehead atoms. The minimum Gasteiger partial charge on any atom is -0.495 e. The van der Waals surface area contributed by atoms with Crippen LogP contribution in [0.15, 0.2) is 48.5 Å². The number of nitrogens with one attached hydrogen (secondary N) is 1. The maximum atomic E-state index is 12.2. The molecule has 0 aliphatic rings. The molecule has 2 rings (SSSR count). The number of ether oxygens (including phenoxy) is 1. The Morgan fingerprint density at radius 2 is 1.83 bits per heavy atom. The molecule has 0 saturated heterocycles. The summed E-state index contributed by atoms with van der Waals surface area (Å²) >= 11 is 5.96. The predicted octanol–water partition coefficient (Wildman–Crippen LogP) is 3.98. The normalized spacial score (nSPS) is 11.7. The van der Waals surface area contributed by atoms with Gasteiger partial charge in [0.2, 0.25) is 5.91 Å². The van der Waals surface area contributed by atoms with Crippen molar-refractivity contribution in [1.82, 2.24) is 4.90 Å². The Hall–Kier alpha value is -2.20. The van der Waals surface area contributed by atoms with Gasteiger partial charge in [-0.25, -0.2) is 0 Å². The van der Waals surface area contributed by atoms with E-state index >= 15 is 0 Å². The first-order valence-corrected chi connectivity index (χ1v) is 7.74. The number of nitrogens with zero attached hydrogens (tertiary/aromatic N) is 1. The van der Waals surface area contributed by atoms with Crippen LogP contribution in [0.4, 0.5) is 5.69 Å². The molecule has 2 aromatic rings. The van der Waals surface area contributed by atoms with E-state index in [-0.39, 0.29) is 11.9 Å². The van der Waals surface area contributed by atoms with E-state index in [4.69, 9.17) is 16.3 Å². The Balaban J connectivity index is 2.29. The van der Waals surface area contributed by atoms with Gasteiger partial charge in [0.15, 0.2) is 0 Å². The van der Waals surface area contributed by atoms with E-state index in [0.717, 1.165) is 17.0 Å². The number of para-hydroxylation sites is 2. The Morgan fingerprint density at radius 1 is 1.17 bits per heavy atom. The summed E-state index contributed by atoms with van der Waals surface area (Å²) in [5, 5.41) is 4.07. The van der Waals surface area contributed by atoms with Crippen molar-refractivity contribution < 1.29 is 9.53 Å². The maximum absolute atomic E-state index is 12.2.